The molecule has 16 heavy (non-hydrogen) atoms. The summed E-state index contributed by atoms with van der Waals surface area (Å²) in [6.07, 6.45) is 3.90. The molecule has 2 nitrogen and oxygen atoms in total. The van der Waals surface area contributed by atoms with Crippen molar-refractivity contribution in [2.24, 2.45) is 0 Å². The highest BCUT2D eigenvalue weighted by atomic mass is 16.5. The van der Waals surface area contributed by atoms with E-state index in [-0.39, 0.29) is 0 Å². The molecule has 2 rings (SSSR count). The molecule has 0 spiro atoms. The van der Waals surface area contributed by atoms with Crippen molar-refractivity contribution >= 4 is 0 Å². The van der Waals surface area contributed by atoms with Crippen molar-refractivity contribution in [3.8, 4) is 0 Å². The van der Waals surface area contributed by atoms with Crippen molar-refractivity contribution in [2.75, 3.05) is 26.8 Å². The number of hydrogen-bond acceptors (Lipinski definition) is 2. The first-order valence-corrected chi connectivity index (χ1v) is 6.19. The summed E-state index contributed by atoms with van der Waals surface area (Å²) in [5.41, 5.74) is 3.10. The van der Waals surface area contributed by atoms with Gasteiger partial charge in [-0.1, -0.05) is 24.3 Å². The highest BCUT2D eigenvalue weighted by Crippen LogP contribution is 2.30. The van der Waals surface area contributed by atoms with Crippen LogP contribution in [0.4, 0.5) is 0 Å². The molecule has 1 unspecified atom stereocenters. The van der Waals surface area contributed by atoms with Gasteiger partial charge >= 0.3 is 0 Å². The number of benzene rings is 1. The lowest BCUT2D eigenvalue weighted by Gasteiger charge is -2.25. The average Bonchev–Trinajstić information content (AvgIpc) is 2.35. The average molecular weight is 219 g/mol. The Morgan fingerprint density at radius 1 is 1.38 bits per heavy atom. The minimum absolute atomic E-state index is 0.696. The molecule has 1 atom stereocenters. The third-order valence-corrected chi connectivity index (χ3v) is 3.37. The predicted octanol–water partition coefficient (Wildman–Crippen LogP) is 2.34. The van der Waals surface area contributed by atoms with E-state index in [1.54, 1.807) is 18.2 Å². The third kappa shape index (κ3) is 2.83. The lowest BCUT2D eigenvalue weighted by atomic mass is 9.83. The molecule has 0 bridgehead atoms. The minimum atomic E-state index is 0.696. The number of aryl methyl sites for hydroxylation is 1. The SMILES string of the molecule is COCCNCC1CCCc2ccccc21. The second-order valence-corrected chi connectivity index (χ2v) is 4.48. The van der Waals surface area contributed by atoms with E-state index in [4.69, 9.17) is 4.74 Å². The molecule has 0 saturated carbocycles. The van der Waals surface area contributed by atoms with Crippen LogP contribution in [0.5, 0.6) is 0 Å². The van der Waals surface area contributed by atoms with E-state index in [2.05, 4.69) is 29.6 Å². The van der Waals surface area contributed by atoms with Crippen LogP contribution in [0.25, 0.3) is 0 Å². The molecule has 0 aromatic heterocycles. The summed E-state index contributed by atoms with van der Waals surface area (Å²) >= 11 is 0. The summed E-state index contributed by atoms with van der Waals surface area (Å²) in [7, 11) is 1.75. The van der Waals surface area contributed by atoms with Crippen molar-refractivity contribution in [3.05, 3.63) is 35.4 Å². The predicted molar refractivity (Wildman–Crippen MR) is 66.9 cm³/mol. The van der Waals surface area contributed by atoms with Crippen LogP contribution in [0, 0.1) is 0 Å². The van der Waals surface area contributed by atoms with Crippen molar-refractivity contribution in [2.45, 2.75) is 25.2 Å². The van der Waals surface area contributed by atoms with Crippen LogP contribution in [0.15, 0.2) is 24.3 Å². The van der Waals surface area contributed by atoms with Crippen molar-refractivity contribution in [1.29, 1.82) is 0 Å². The highest BCUT2D eigenvalue weighted by Gasteiger charge is 2.18. The first kappa shape index (κ1) is 11.6. The van der Waals surface area contributed by atoms with Gasteiger partial charge in [-0.25, -0.2) is 0 Å². The summed E-state index contributed by atoms with van der Waals surface area (Å²) in [6.45, 7) is 2.84. The zero-order valence-corrected chi connectivity index (χ0v) is 10.0. The quantitative estimate of drug-likeness (QED) is 0.768. The van der Waals surface area contributed by atoms with Gasteiger partial charge in [-0.2, -0.15) is 0 Å². The maximum Gasteiger partial charge on any atom is 0.0587 e. The standard InChI is InChI=1S/C14H21NO/c1-16-10-9-15-11-13-7-4-6-12-5-2-3-8-14(12)13/h2-3,5,8,13,15H,4,6-7,9-11H2,1H3. The Bertz CT molecular complexity index is 324. The number of rotatable bonds is 5. The Kier molecular flexibility index (Phi) is 4.37. The Balaban J connectivity index is 1.91. The van der Waals surface area contributed by atoms with Crippen LogP contribution in [-0.4, -0.2) is 26.8 Å². The summed E-state index contributed by atoms with van der Waals surface area (Å²) in [6, 6.07) is 8.87. The monoisotopic (exact) mass is 219 g/mol. The Labute approximate surface area is 98.0 Å². The molecule has 0 amide bonds. The summed E-state index contributed by atoms with van der Waals surface area (Å²) < 4.78 is 5.04. The fraction of sp³-hybridized carbons (Fsp3) is 0.571. The van der Waals surface area contributed by atoms with Gasteiger partial charge in [-0.05, 0) is 36.3 Å². The van der Waals surface area contributed by atoms with Gasteiger partial charge < -0.3 is 10.1 Å². The second-order valence-electron chi connectivity index (χ2n) is 4.48. The van der Waals surface area contributed by atoms with Crippen LogP contribution in [0.2, 0.25) is 0 Å². The number of hydrogen-bond donors (Lipinski definition) is 1. The Hall–Kier alpha value is -0.860. The summed E-state index contributed by atoms with van der Waals surface area (Å²) in [5, 5.41) is 3.47. The van der Waals surface area contributed by atoms with Crippen LogP contribution >= 0.6 is 0 Å². The van der Waals surface area contributed by atoms with Crippen LogP contribution < -0.4 is 5.32 Å². The van der Waals surface area contributed by atoms with Crippen LogP contribution in [0.3, 0.4) is 0 Å². The molecule has 0 radical (unpaired) electrons. The fourth-order valence-electron chi connectivity index (χ4n) is 2.52. The van der Waals surface area contributed by atoms with Crippen molar-refractivity contribution in [1.82, 2.24) is 5.32 Å². The molecule has 2 heteroatoms. The molecule has 1 N–H and O–H groups in total. The maximum absolute atomic E-state index is 5.04. The van der Waals surface area contributed by atoms with E-state index < -0.39 is 0 Å². The molecule has 1 aliphatic rings. The molecule has 1 aliphatic carbocycles. The van der Waals surface area contributed by atoms with Gasteiger partial charge in [0.05, 0.1) is 6.61 Å². The van der Waals surface area contributed by atoms with E-state index in [1.807, 2.05) is 0 Å². The van der Waals surface area contributed by atoms with Gasteiger partial charge in [0.2, 0.25) is 0 Å². The fourth-order valence-corrected chi connectivity index (χ4v) is 2.52. The van der Waals surface area contributed by atoms with Crippen molar-refractivity contribution < 1.29 is 4.74 Å². The number of methoxy groups -OCH3 is 1. The first-order chi connectivity index (χ1) is 7.92. The van der Waals surface area contributed by atoms with E-state index in [0.29, 0.717) is 5.92 Å². The molecule has 1 aromatic rings. The maximum atomic E-state index is 5.04. The summed E-state index contributed by atoms with van der Waals surface area (Å²) in [5.74, 6) is 0.696. The van der Waals surface area contributed by atoms with Gasteiger partial charge in [0.15, 0.2) is 0 Å². The molecule has 0 fully saturated rings. The topological polar surface area (TPSA) is 21.3 Å². The Morgan fingerprint density at radius 3 is 3.12 bits per heavy atom. The largest absolute Gasteiger partial charge is 0.383 e. The zero-order chi connectivity index (χ0) is 11.2. The number of nitrogens with one attached hydrogen (secondary N) is 1. The molecule has 0 aliphatic heterocycles. The molecule has 88 valence electrons. The molecular formula is C14H21NO. The van der Waals surface area contributed by atoms with Gasteiger partial charge in [0, 0.05) is 20.2 Å². The van der Waals surface area contributed by atoms with E-state index in [1.165, 1.54) is 19.3 Å². The normalized spacial score (nSPS) is 19.4. The van der Waals surface area contributed by atoms with Gasteiger partial charge in [0.25, 0.3) is 0 Å². The smallest absolute Gasteiger partial charge is 0.0587 e. The second kappa shape index (κ2) is 6.02. The highest BCUT2D eigenvalue weighted by molar-refractivity contribution is 5.32. The zero-order valence-electron chi connectivity index (χ0n) is 10.0. The number of ether oxygens (including phenoxy) is 1. The van der Waals surface area contributed by atoms with Crippen molar-refractivity contribution in [3.63, 3.8) is 0 Å². The molecule has 0 saturated heterocycles. The molecular weight excluding hydrogens is 198 g/mol. The first-order valence-electron chi connectivity index (χ1n) is 6.19. The molecule has 0 heterocycles. The Morgan fingerprint density at radius 2 is 2.25 bits per heavy atom. The van der Waals surface area contributed by atoms with Gasteiger partial charge in [-0.15, -0.1) is 0 Å². The lowest BCUT2D eigenvalue weighted by molar-refractivity contribution is 0.198. The number of fused-ring (bicyclic) bond motifs is 1. The van der Waals surface area contributed by atoms with E-state index in [0.717, 1.165) is 19.7 Å². The van der Waals surface area contributed by atoms with Crippen LogP contribution in [-0.2, 0) is 11.2 Å². The van der Waals surface area contributed by atoms with E-state index >= 15 is 0 Å². The lowest BCUT2D eigenvalue weighted by Crippen LogP contribution is -2.27. The van der Waals surface area contributed by atoms with Crippen LogP contribution in [0.1, 0.15) is 29.9 Å². The van der Waals surface area contributed by atoms with Gasteiger partial charge in [0.1, 0.15) is 0 Å². The van der Waals surface area contributed by atoms with Gasteiger partial charge in [-0.3, -0.25) is 0 Å². The molecule has 1 aromatic carbocycles. The summed E-state index contributed by atoms with van der Waals surface area (Å²) in [4.78, 5) is 0. The third-order valence-electron chi connectivity index (χ3n) is 3.37. The van der Waals surface area contributed by atoms with E-state index in [9.17, 15) is 0 Å². The minimum Gasteiger partial charge on any atom is -0.383 e.